The molecule has 1 heterocycles. The third-order valence-electron chi connectivity index (χ3n) is 1.28. The minimum absolute atomic E-state index is 0.438. The van der Waals surface area contributed by atoms with E-state index < -0.39 is 14.6 Å². The number of thioether (sulfide) groups is 1. The number of nitrogens with two attached hydrogens (primary N) is 1. The molecule has 0 radical (unpaired) electrons. The highest BCUT2D eigenvalue weighted by atomic mass is 32.3. The largest absolute Gasteiger partial charge is 0.228 e. The van der Waals surface area contributed by atoms with Gasteiger partial charge in [0.1, 0.15) is 4.58 Å². The van der Waals surface area contributed by atoms with Crippen molar-refractivity contribution < 1.29 is 8.42 Å². The van der Waals surface area contributed by atoms with Crippen LogP contribution in [0.3, 0.4) is 0 Å². The lowest BCUT2D eigenvalue weighted by atomic mass is 10.4. The second-order valence-corrected chi connectivity index (χ2v) is 5.68. The molecule has 0 saturated carbocycles. The molecule has 0 fully saturated rings. The van der Waals surface area contributed by atoms with E-state index in [9.17, 15) is 8.42 Å². The zero-order valence-corrected chi connectivity index (χ0v) is 7.21. The first-order valence-electron chi connectivity index (χ1n) is 2.85. The smallest absolute Gasteiger partial charge is 0.222 e. The Hall–Kier alpha value is -0.000000000000000111. The Morgan fingerprint density at radius 3 is 2.60 bits per heavy atom. The summed E-state index contributed by atoms with van der Waals surface area (Å²) >= 11 is 1.32. The Morgan fingerprint density at radius 2 is 2.40 bits per heavy atom. The van der Waals surface area contributed by atoms with E-state index in [0.717, 1.165) is 4.91 Å². The molecular formula is C5H9NO2S2. The third kappa shape index (κ3) is 1.74. The van der Waals surface area contributed by atoms with Gasteiger partial charge in [-0.3, -0.25) is 0 Å². The molecule has 2 N–H and O–H groups in total. The highest BCUT2D eigenvalue weighted by Crippen LogP contribution is 2.33. The van der Waals surface area contributed by atoms with Gasteiger partial charge in [0.05, 0.1) is 0 Å². The Labute approximate surface area is 64.7 Å². The maximum atomic E-state index is 10.7. The van der Waals surface area contributed by atoms with Crippen LogP contribution in [-0.4, -0.2) is 13.0 Å². The number of hydrogen-bond donors (Lipinski definition) is 1. The topological polar surface area (TPSA) is 60.2 Å². The number of hydrogen-bond acceptors (Lipinski definition) is 3. The lowest BCUT2D eigenvalue weighted by Gasteiger charge is -2.03. The van der Waals surface area contributed by atoms with E-state index in [0.29, 0.717) is 6.42 Å². The average Bonchev–Trinajstić information content (AvgIpc) is 2.11. The molecule has 0 saturated heterocycles. The van der Waals surface area contributed by atoms with E-state index >= 15 is 0 Å². The molecular weight excluding hydrogens is 170 g/mol. The number of primary sulfonamides is 1. The molecule has 1 aliphatic heterocycles. The summed E-state index contributed by atoms with van der Waals surface area (Å²) in [4.78, 5) is 1.04. The predicted octanol–water partition coefficient (Wildman–Crippen LogP) is 0.642. The zero-order valence-electron chi connectivity index (χ0n) is 5.57. The standard InChI is InChI=1S/C5H9NO2S2/c1-4-2-3-5(9-4)10(6,7)8/h2,5H,3H2,1H3,(H2,6,7,8). The molecule has 1 rings (SSSR count). The summed E-state index contributed by atoms with van der Waals surface area (Å²) in [5.41, 5.74) is 0. The normalized spacial score (nSPS) is 26.6. The Bertz CT molecular complexity index is 255. The fraction of sp³-hybridized carbons (Fsp3) is 0.600. The van der Waals surface area contributed by atoms with Crippen molar-refractivity contribution in [2.24, 2.45) is 5.14 Å². The molecule has 0 aliphatic carbocycles. The SMILES string of the molecule is CC1=CCC(S(N)(=O)=O)S1. The quantitative estimate of drug-likeness (QED) is 0.642. The van der Waals surface area contributed by atoms with E-state index in [1.165, 1.54) is 11.8 Å². The van der Waals surface area contributed by atoms with E-state index in [1.54, 1.807) is 0 Å². The monoisotopic (exact) mass is 179 g/mol. The van der Waals surface area contributed by atoms with Crippen LogP contribution < -0.4 is 5.14 Å². The predicted molar refractivity (Wildman–Crippen MR) is 42.9 cm³/mol. The van der Waals surface area contributed by atoms with Crippen LogP contribution in [-0.2, 0) is 10.0 Å². The second kappa shape index (κ2) is 2.56. The van der Waals surface area contributed by atoms with Gasteiger partial charge in [0.2, 0.25) is 10.0 Å². The number of allylic oxidation sites excluding steroid dienone is 2. The van der Waals surface area contributed by atoms with E-state index in [-0.39, 0.29) is 0 Å². The minimum Gasteiger partial charge on any atom is -0.228 e. The maximum absolute atomic E-state index is 10.7. The van der Waals surface area contributed by atoms with Crippen LogP contribution in [0.2, 0.25) is 0 Å². The van der Waals surface area contributed by atoms with Crippen molar-refractivity contribution in [3.63, 3.8) is 0 Å². The van der Waals surface area contributed by atoms with Crippen LogP contribution in [0.5, 0.6) is 0 Å². The van der Waals surface area contributed by atoms with Crippen molar-refractivity contribution in [2.75, 3.05) is 0 Å². The van der Waals surface area contributed by atoms with Gasteiger partial charge in [-0.05, 0) is 18.2 Å². The van der Waals surface area contributed by atoms with Gasteiger partial charge in [-0.1, -0.05) is 6.08 Å². The molecule has 10 heavy (non-hydrogen) atoms. The Kier molecular flexibility index (Phi) is 2.07. The molecule has 0 aromatic rings. The molecule has 5 heteroatoms. The number of sulfonamides is 1. The van der Waals surface area contributed by atoms with Gasteiger partial charge in [-0.15, -0.1) is 11.8 Å². The lowest BCUT2D eigenvalue weighted by Crippen LogP contribution is -2.23. The average molecular weight is 179 g/mol. The van der Waals surface area contributed by atoms with Crippen molar-refractivity contribution in [2.45, 2.75) is 17.9 Å². The highest BCUT2D eigenvalue weighted by Gasteiger charge is 2.25. The van der Waals surface area contributed by atoms with Gasteiger partial charge in [-0.2, -0.15) is 0 Å². The summed E-state index contributed by atoms with van der Waals surface area (Å²) in [5, 5.41) is 4.92. The third-order valence-corrected chi connectivity index (χ3v) is 4.29. The van der Waals surface area contributed by atoms with Gasteiger partial charge in [0, 0.05) is 0 Å². The van der Waals surface area contributed by atoms with Gasteiger partial charge in [-0.25, -0.2) is 13.6 Å². The molecule has 1 unspecified atom stereocenters. The minimum atomic E-state index is -3.32. The molecule has 1 atom stereocenters. The Balaban J connectivity index is 2.68. The maximum Gasteiger partial charge on any atom is 0.222 e. The molecule has 0 amide bonds. The fourth-order valence-electron chi connectivity index (χ4n) is 0.767. The van der Waals surface area contributed by atoms with E-state index in [1.807, 2.05) is 13.0 Å². The van der Waals surface area contributed by atoms with Crippen LogP contribution in [0, 0.1) is 0 Å². The summed E-state index contributed by atoms with van der Waals surface area (Å²) in [5.74, 6) is 0. The van der Waals surface area contributed by atoms with Crippen molar-refractivity contribution in [3.05, 3.63) is 11.0 Å². The summed E-state index contributed by atoms with van der Waals surface area (Å²) in [6.07, 6.45) is 2.44. The summed E-state index contributed by atoms with van der Waals surface area (Å²) in [6.45, 7) is 1.88. The van der Waals surface area contributed by atoms with Crippen molar-refractivity contribution in [3.8, 4) is 0 Å². The zero-order chi connectivity index (χ0) is 7.78. The van der Waals surface area contributed by atoms with Crippen LogP contribution >= 0.6 is 11.8 Å². The van der Waals surface area contributed by atoms with Crippen molar-refractivity contribution in [1.82, 2.24) is 0 Å². The first kappa shape index (κ1) is 8.10. The van der Waals surface area contributed by atoms with Gasteiger partial charge in [0.25, 0.3) is 0 Å². The molecule has 58 valence electrons. The molecule has 3 nitrogen and oxygen atoms in total. The van der Waals surface area contributed by atoms with Crippen LogP contribution in [0.1, 0.15) is 13.3 Å². The summed E-state index contributed by atoms with van der Waals surface area (Å²) < 4.78 is 21.0. The molecule has 0 aromatic heterocycles. The molecule has 0 aromatic carbocycles. The van der Waals surface area contributed by atoms with Gasteiger partial charge >= 0.3 is 0 Å². The van der Waals surface area contributed by atoms with Crippen LogP contribution in [0.15, 0.2) is 11.0 Å². The first-order chi connectivity index (χ1) is 4.50. The van der Waals surface area contributed by atoms with Gasteiger partial charge in [0.15, 0.2) is 0 Å². The number of rotatable bonds is 1. The Morgan fingerprint density at radius 1 is 1.80 bits per heavy atom. The molecule has 0 bridgehead atoms. The molecule has 0 spiro atoms. The van der Waals surface area contributed by atoms with Crippen molar-refractivity contribution >= 4 is 21.8 Å². The summed E-state index contributed by atoms with van der Waals surface area (Å²) in [6, 6.07) is 0. The summed E-state index contributed by atoms with van der Waals surface area (Å²) in [7, 11) is -3.32. The first-order valence-corrected chi connectivity index (χ1v) is 5.34. The van der Waals surface area contributed by atoms with E-state index in [4.69, 9.17) is 5.14 Å². The fourth-order valence-corrected chi connectivity index (χ4v) is 2.92. The highest BCUT2D eigenvalue weighted by molar-refractivity contribution is 8.15. The second-order valence-electron chi connectivity index (χ2n) is 2.19. The molecule has 1 aliphatic rings. The van der Waals surface area contributed by atoms with Gasteiger partial charge < -0.3 is 0 Å². The van der Waals surface area contributed by atoms with Crippen LogP contribution in [0.25, 0.3) is 0 Å². The van der Waals surface area contributed by atoms with E-state index in [2.05, 4.69) is 0 Å². The van der Waals surface area contributed by atoms with Crippen LogP contribution in [0.4, 0.5) is 0 Å². The van der Waals surface area contributed by atoms with Crippen molar-refractivity contribution in [1.29, 1.82) is 0 Å². The lowest BCUT2D eigenvalue weighted by molar-refractivity contribution is 0.595.